The topological polar surface area (TPSA) is 84.5 Å². The molecule has 1 aromatic rings. The van der Waals surface area contributed by atoms with E-state index < -0.39 is 21.7 Å². The zero-order chi connectivity index (χ0) is 17.7. The van der Waals surface area contributed by atoms with Gasteiger partial charge >= 0.3 is 6.09 Å². The van der Waals surface area contributed by atoms with Crippen LogP contribution in [0.2, 0.25) is 0 Å². The van der Waals surface area contributed by atoms with Crippen LogP contribution < -0.4 is 10.0 Å². The molecule has 130 valence electrons. The number of sulfonamides is 1. The molecule has 0 unspecified atom stereocenters. The Morgan fingerprint density at radius 1 is 1.22 bits per heavy atom. The van der Waals surface area contributed by atoms with Crippen LogP contribution in [-0.2, 0) is 14.8 Å². The summed E-state index contributed by atoms with van der Waals surface area (Å²) in [6.07, 6.45) is -0.571. The molecule has 1 amide bonds. The average Bonchev–Trinajstić information content (AvgIpc) is 2.42. The quantitative estimate of drug-likeness (QED) is 0.778. The lowest BCUT2D eigenvalue weighted by molar-refractivity contribution is 0.0529. The summed E-state index contributed by atoms with van der Waals surface area (Å²) in [5.41, 5.74) is 0.376. The highest BCUT2D eigenvalue weighted by atomic mass is 32.2. The maximum Gasteiger partial charge on any atom is 0.407 e. The van der Waals surface area contributed by atoms with Crippen molar-refractivity contribution in [1.82, 2.24) is 10.0 Å². The maximum atomic E-state index is 12.2. The summed E-state index contributed by atoms with van der Waals surface area (Å²) in [5.74, 6) is 0.249. The van der Waals surface area contributed by atoms with Crippen LogP contribution >= 0.6 is 0 Å². The van der Waals surface area contributed by atoms with Crippen LogP contribution in [-0.4, -0.2) is 33.2 Å². The minimum Gasteiger partial charge on any atom is -0.444 e. The van der Waals surface area contributed by atoms with Crippen molar-refractivity contribution in [2.45, 2.75) is 51.0 Å². The highest BCUT2D eigenvalue weighted by Crippen LogP contribution is 2.18. The van der Waals surface area contributed by atoms with Crippen LogP contribution in [0.25, 0.3) is 0 Å². The van der Waals surface area contributed by atoms with Gasteiger partial charge in [0.2, 0.25) is 10.0 Å². The van der Waals surface area contributed by atoms with Crippen LogP contribution in [0, 0.1) is 0 Å². The number of amides is 1. The molecule has 1 rings (SSSR count). The molecule has 0 fully saturated rings. The number of hydrogen-bond donors (Lipinski definition) is 2. The lowest BCUT2D eigenvalue weighted by Gasteiger charge is -2.19. The van der Waals surface area contributed by atoms with E-state index in [0.717, 1.165) is 5.56 Å². The van der Waals surface area contributed by atoms with E-state index >= 15 is 0 Å². The number of benzene rings is 1. The molecule has 0 aliphatic rings. The van der Waals surface area contributed by atoms with Gasteiger partial charge in [-0.3, -0.25) is 0 Å². The first-order valence-electron chi connectivity index (χ1n) is 7.58. The average molecular weight is 342 g/mol. The van der Waals surface area contributed by atoms with Gasteiger partial charge in [-0.05, 0) is 44.4 Å². The fourth-order valence-electron chi connectivity index (χ4n) is 1.79. The molecule has 0 aliphatic heterocycles. The second kappa shape index (κ2) is 7.79. The van der Waals surface area contributed by atoms with E-state index in [1.165, 1.54) is 0 Å². The molecule has 7 heteroatoms. The van der Waals surface area contributed by atoms with Gasteiger partial charge in [-0.15, -0.1) is 0 Å². The molecular formula is C16H26N2O4S. The Bertz CT molecular complexity index is 634. The molecule has 23 heavy (non-hydrogen) atoms. The van der Waals surface area contributed by atoms with Gasteiger partial charge in [0.1, 0.15) is 5.60 Å². The molecule has 1 aromatic carbocycles. The van der Waals surface area contributed by atoms with Gasteiger partial charge in [-0.25, -0.2) is 17.9 Å². The van der Waals surface area contributed by atoms with E-state index in [9.17, 15) is 13.2 Å². The Balaban J connectivity index is 2.54. The van der Waals surface area contributed by atoms with Crippen molar-refractivity contribution < 1.29 is 17.9 Å². The zero-order valence-electron chi connectivity index (χ0n) is 14.3. The first-order chi connectivity index (χ1) is 10.5. The van der Waals surface area contributed by atoms with E-state index in [1.807, 2.05) is 19.9 Å². The Hall–Kier alpha value is -1.60. The van der Waals surface area contributed by atoms with Gasteiger partial charge in [0.05, 0.1) is 4.90 Å². The fraction of sp³-hybridized carbons (Fsp3) is 0.562. The number of alkyl carbamates (subject to hydrolysis) is 1. The van der Waals surface area contributed by atoms with Crippen LogP contribution in [0.1, 0.15) is 46.1 Å². The van der Waals surface area contributed by atoms with Gasteiger partial charge in [0, 0.05) is 13.1 Å². The maximum absolute atomic E-state index is 12.2. The summed E-state index contributed by atoms with van der Waals surface area (Å²) < 4.78 is 32.0. The first-order valence-corrected chi connectivity index (χ1v) is 9.06. The van der Waals surface area contributed by atoms with E-state index in [4.69, 9.17) is 4.74 Å². The SMILES string of the molecule is CC(C)c1cccc(S(=O)(=O)NCCNC(=O)OC(C)(C)C)c1. The first kappa shape index (κ1) is 19.4. The highest BCUT2D eigenvalue weighted by molar-refractivity contribution is 7.89. The third-order valence-corrected chi connectivity index (χ3v) is 4.38. The Morgan fingerprint density at radius 3 is 2.43 bits per heavy atom. The zero-order valence-corrected chi connectivity index (χ0v) is 15.2. The van der Waals surface area contributed by atoms with Crippen molar-refractivity contribution in [1.29, 1.82) is 0 Å². The number of ether oxygens (including phenoxy) is 1. The second-order valence-corrected chi connectivity index (χ2v) is 8.32. The molecule has 6 nitrogen and oxygen atoms in total. The predicted octanol–water partition coefficient (Wildman–Crippen LogP) is 2.61. The lowest BCUT2D eigenvalue weighted by Crippen LogP contribution is -2.37. The van der Waals surface area contributed by atoms with E-state index in [0.29, 0.717) is 0 Å². The van der Waals surface area contributed by atoms with Crippen LogP contribution in [0.3, 0.4) is 0 Å². The predicted molar refractivity (Wildman–Crippen MR) is 90.0 cm³/mol. The smallest absolute Gasteiger partial charge is 0.407 e. The van der Waals surface area contributed by atoms with E-state index in [-0.39, 0.29) is 23.9 Å². The minimum absolute atomic E-state index is 0.0908. The third-order valence-electron chi connectivity index (χ3n) is 2.92. The van der Waals surface area contributed by atoms with Crippen molar-refractivity contribution in [2.24, 2.45) is 0 Å². The summed E-state index contributed by atoms with van der Waals surface area (Å²) in [6.45, 7) is 9.53. The standard InChI is InChI=1S/C16H26N2O4S/c1-12(2)13-7-6-8-14(11-13)23(20,21)18-10-9-17-15(19)22-16(3,4)5/h6-8,11-12,18H,9-10H2,1-5H3,(H,17,19). The molecule has 0 saturated heterocycles. The molecule has 0 bridgehead atoms. The number of carbonyl (C=O) groups is 1. The summed E-state index contributed by atoms with van der Waals surface area (Å²) >= 11 is 0. The Labute approximate surface area is 138 Å². The van der Waals surface area contributed by atoms with Crippen LogP contribution in [0.4, 0.5) is 4.79 Å². The molecular weight excluding hydrogens is 316 g/mol. The molecule has 0 aromatic heterocycles. The van der Waals surface area contributed by atoms with Gasteiger partial charge in [-0.1, -0.05) is 26.0 Å². The summed E-state index contributed by atoms with van der Waals surface area (Å²) in [5, 5.41) is 2.50. The van der Waals surface area contributed by atoms with Crippen molar-refractivity contribution in [3.8, 4) is 0 Å². The largest absolute Gasteiger partial charge is 0.444 e. The summed E-state index contributed by atoms with van der Waals surface area (Å²) in [7, 11) is -3.59. The fourth-order valence-corrected chi connectivity index (χ4v) is 2.87. The number of hydrogen-bond acceptors (Lipinski definition) is 4. The van der Waals surface area contributed by atoms with E-state index in [2.05, 4.69) is 10.0 Å². The number of nitrogens with one attached hydrogen (secondary N) is 2. The minimum atomic E-state index is -3.59. The third kappa shape index (κ3) is 7.00. The number of rotatable bonds is 6. The van der Waals surface area contributed by atoms with Crippen molar-refractivity contribution >= 4 is 16.1 Å². The summed E-state index contributed by atoms with van der Waals surface area (Å²) in [4.78, 5) is 11.7. The highest BCUT2D eigenvalue weighted by Gasteiger charge is 2.17. The molecule has 0 radical (unpaired) electrons. The van der Waals surface area contributed by atoms with Crippen molar-refractivity contribution in [3.63, 3.8) is 0 Å². The van der Waals surface area contributed by atoms with E-state index in [1.54, 1.807) is 39.0 Å². The monoisotopic (exact) mass is 342 g/mol. The lowest BCUT2D eigenvalue weighted by atomic mass is 10.0. The van der Waals surface area contributed by atoms with Gasteiger partial charge in [0.25, 0.3) is 0 Å². The van der Waals surface area contributed by atoms with Gasteiger partial charge < -0.3 is 10.1 Å². The summed E-state index contributed by atoms with van der Waals surface area (Å²) in [6, 6.07) is 6.83. The molecule has 0 saturated carbocycles. The molecule has 0 spiro atoms. The van der Waals surface area contributed by atoms with Crippen molar-refractivity contribution in [3.05, 3.63) is 29.8 Å². The second-order valence-electron chi connectivity index (χ2n) is 6.55. The van der Waals surface area contributed by atoms with Crippen molar-refractivity contribution in [2.75, 3.05) is 13.1 Å². The Kier molecular flexibility index (Phi) is 6.58. The molecule has 0 heterocycles. The van der Waals surface area contributed by atoms with Gasteiger partial charge in [0.15, 0.2) is 0 Å². The van der Waals surface area contributed by atoms with Crippen LogP contribution in [0.15, 0.2) is 29.2 Å². The van der Waals surface area contributed by atoms with Gasteiger partial charge in [-0.2, -0.15) is 0 Å². The number of carbonyl (C=O) groups excluding carboxylic acids is 1. The molecule has 2 N–H and O–H groups in total. The molecule has 0 atom stereocenters. The Morgan fingerprint density at radius 2 is 1.87 bits per heavy atom. The molecule has 0 aliphatic carbocycles. The van der Waals surface area contributed by atoms with Crippen LogP contribution in [0.5, 0.6) is 0 Å². The normalized spacial score (nSPS) is 12.3.